The Morgan fingerprint density at radius 1 is 1.21 bits per heavy atom. The lowest BCUT2D eigenvalue weighted by Gasteiger charge is -2.13. The van der Waals surface area contributed by atoms with E-state index in [9.17, 15) is 13.2 Å². The van der Waals surface area contributed by atoms with Crippen molar-refractivity contribution in [3.8, 4) is 0 Å². The van der Waals surface area contributed by atoms with E-state index in [0.717, 1.165) is 0 Å². The van der Waals surface area contributed by atoms with E-state index < -0.39 is 11.7 Å². The Morgan fingerprint density at radius 2 is 1.96 bits per heavy atom. The molecule has 0 aliphatic carbocycles. The van der Waals surface area contributed by atoms with Gasteiger partial charge in [0.15, 0.2) is 11.5 Å². The van der Waals surface area contributed by atoms with Gasteiger partial charge in [-0.3, -0.25) is 0 Å². The van der Waals surface area contributed by atoms with Crippen molar-refractivity contribution in [2.75, 3.05) is 17.7 Å². The molecule has 2 heterocycles. The zero-order valence-corrected chi connectivity index (χ0v) is 13.2. The summed E-state index contributed by atoms with van der Waals surface area (Å²) in [5.41, 5.74) is 0.510. The molecule has 0 saturated heterocycles. The summed E-state index contributed by atoms with van der Waals surface area (Å²) in [5, 5.41) is 5.49. The molecule has 0 spiro atoms. The third-order valence-electron chi connectivity index (χ3n) is 3.16. The SMILES string of the molecule is CNc1nc(Nc2cc3nc(C)oc3cc2Cl)ncc1C(F)(F)F. The fourth-order valence-corrected chi connectivity index (χ4v) is 2.32. The Balaban J connectivity index is 1.97. The third-order valence-corrected chi connectivity index (χ3v) is 3.47. The minimum absolute atomic E-state index is 0.0335. The van der Waals surface area contributed by atoms with Gasteiger partial charge in [-0.15, -0.1) is 0 Å². The smallest absolute Gasteiger partial charge is 0.421 e. The van der Waals surface area contributed by atoms with E-state index in [0.29, 0.717) is 33.9 Å². The number of oxazole rings is 1. The van der Waals surface area contributed by atoms with Crippen molar-refractivity contribution in [1.29, 1.82) is 0 Å². The summed E-state index contributed by atoms with van der Waals surface area (Å²) in [4.78, 5) is 11.7. The maximum atomic E-state index is 12.9. The number of anilines is 3. The van der Waals surface area contributed by atoms with Crippen molar-refractivity contribution in [3.05, 3.63) is 34.8 Å². The molecular formula is C14H11ClF3N5O. The second-order valence-electron chi connectivity index (χ2n) is 4.86. The largest absolute Gasteiger partial charge is 0.441 e. The average molecular weight is 358 g/mol. The molecule has 0 radical (unpaired) electrons. The normalized spacial score (nSPS) is 11.8. The molecule has 3 aromatic rings. The molecule has 1 aromatic carbocycles. The summed E-state index contributed by atoms with van der Waals surface area (Å²) >= 11 is 6.14. The van der Waals surface area contributed by atoms with E-state index in [-0.39, 0.29) is 11.8 Å². The lowest BCUT2D eigenvalue weighted by atomic mass is 10.3. The van der Waals surface area contributed by atoms with Crippen LogP contribution < -0.4 is 10.6 Å². The number of rotatable bonds is 3. The fourth-order valence-electron chi connectivity index (χ4n) is 2.12. The van der Waals surface area contributed by atoms with Crippen LogP contribution in [0.1, 0.15) is 11.5 Å². The maximum absolute atomic E-state index is 12.9. The molecule has 2 N–H and O–H groups in total. The van der Waals surface area contributed by atoms with Crippen LogP contribution >= 0.6 is 11.6 Å². The van der Waals surface area contributed by atoms with Crippen LogP contribution in [-0.2, 0) is 6.18 Å². The van der Waals surface area contributed by atoms with Crippen molar-refractivity contribution in [3.63, 3.8) is 0 Å². The second-order valence-corrected chi connectivity index (χ2v) is 5.27. The molecule has 0 atom stereocenters. The van der Waals surface area contributed by atoms with Gasteiger partial charge in [0, 0.05) is 26.2 Å². The number of hydrogen-bond acceptors (Lipinski definition) is 6. The predicted octanol–water partition coefficient (Wildman–Crippen LogP) is 4.38. The summed E-state index contributed by atoms with van der Waals surface area (Å²) in [7, 11) is 1.35. The molecule has 0 unspecified atom stereocenters. The van der Waals surface area contributed by atoms with Crippen LogP contribution in [0, 0.1) is 6.92 Å². The molecule has 2 aromatic heterocycles. The number of nitrogens with zero attached hydrogens (tertiary/aromatic N) is 3. The third kappa shape index (κ3) is 3.07. The monoisotopic (exact) mass is 357 g/mol. The minimum Gasteiger partial charge on any atom is -0.441 e. The van der Waals surface area contributed by atoms with Crippen molar-refractivity contribution in [2.45, 2.75) is 13.1 Å². The fraction of sp³-hybridized carbons (Fsp3) is 0.214. The van der Waals surface area contributed by atoms with E-state index in [1.807, 2.05) is 0 Å². The standard InChI is InChI=1S/C14H11ClF3N5O/c1-6-21-10-4-9(8(15)3-11(10)24-6)22-13-20-5-7(14(16,17)18)12(19-2)23-13/h3-5H,1-2H3,(H2,19,20,22,23). The van der Waals surface area contributed by atoms with Crippen molar-refractivity contribution >= 4 is 40.2 Å². The number of alkyl halides is 3. The number of fused-ring (bicyclic) bond motifs is 1. The van der Waals surface area contributed by atoms with Gasteiger partial charge in [0.2, 0.25) is 5.95 Å². The molecule has 10 heteroatoms. The second kappa shape index (κ2) is 5.82. The van der Waals surface area contributed by atoms with Crippen LogP contribution in [0.3, 0.4) is 0 Å². The summed E-state index contributed by atoms with van der Waals surface area (Å²) in [6.45, 7) is 1.69. The number of halogens is 4. The summed E-state index contributed by atoms with van der Waals surface area (Å²) in [5.74, 6) is 0.102. The van der Waals surface area contributed by atoms with Gasteiger partial charge < -0.3 is 15.1 Å². The highest BCUT2D eigenvalue weighted by atomic mass is 35.5. The molecule has 0 amide bonds. The van der Waals surface area contributed by atoms with Gasteiger partial charge in [0.25, 0.3) is 0 Å². The highest BCUT2D eigenvalue weighted by Gasteiger charge is 2.35. The maximum Gasteiger partial charge on any atom is 0.421 e. The lowest BCUT2D eigenvalue weighted by Crippen LogP contribution is -2.12. The molecule has 24 heavy (non-hydrogen) atoms. The molecule has 0 saturated carbocycles. The van der Waals surface area contributed by atoms with E-state index in [1.54, 1.807) is 19.1 Å². The molecule has 0 aliphatic rings. The van der Waals surface area contributed by atoms with Crippen molar-refractivity contribution in [1.82, 2.24) is 15.0 Å². The van der Waals surface area contributed by atoms with E-state index in [1.165, 1.54) is 7.05 Å². The molecule has 3 rings (SSSR count). The summed E-state index contributed by atoms with van der Waals surface area (Å²) in [6.07, 6.45) is -3.85. The van der Waals surface area contributed by atoms with Crippen LogP contribution in [0.5, 0.6) is 0 Å². The van der Waals surface area contributed by atoms with Crippen LogP contribution in [-0.4, -0.2) is 22.0 Å². The molecule has 126 valence electrons. The zero-order chi connectivity index (χ0) is 17.5. The highest BCUT2D eigenvalue weighted by molar-refractivity contribution is 6.34. The van der Waals surface area contributed by atoms with Crippen LogP contribution in [0.4, 0.5) is 30.6 Å². The molecule has 0 fully saturated rings. The van der Waals surface area contributed by atoms with Gasteiger partial charge in [-0.2, -0.15) is 18.2 Å². The summed E-state index contributed by atoms with van der Waals surface area (Å²) < 4.78 is 43.9. The molecule has 6 nitrogen and oxygen atoms in total. The summed E-state index contributed by atoms with van der Waals surface area (Å²) in [6, 6.07) is 3.16. The first-order chi connectivity index (χ1) is 11.3. The van der Waals surface area contributed by atoms with Crippen LogP contribution in [0.15, 0.2) is 22.7 Å². The topological polar surface area (TPSA) is 75.9 Å². The first-order valence-corrected chi connectivity index (χ1v) is 7.11. The molecule has 0 aliphatic heterocycles. The van der Waals surface area contributed by atoms with Gasteiger partial charge in [0.05, 0.1) is 10.7 Å². The number of nitrogens with one attached hydrogen (secondary N) is 2. The van der Waals surface area contributed by atoms with E-state index >= 15 is 0 Å². The quantitative estimate of drug-likeness (QED) is 0.724. The van der Waals surface area contributed by atoms with Gasteiger partial charge in [-0.1, -0.05) is 11.6 Å². The van der Waals surface area contributed by atoms with Gasteiger partial charge >= 0.3 is 6.18 Å². The molecular weight excluding hydrogens is 347 g/mol. The van der Waals surface area contributed by atoms with Crippen LogP contribution in [0.25, 0.3) is 11.1 Å². The van der Waals surface area contributed by atoms with Crippen molar-refractivity contribution in [2.24, 2.45) is 0 Å². The first-order valence-electron chi connectivity index (χ1n) is 6.73. The first kappa shape index (κ1) is 16.3. The van der Waals surface area contributed by atoms with Crippen LogP contribution in [0.2, 0.25) is 5.02 Å². The van der Waals surface area contributed by atoms with Crippen molar-refractivity contribution < 1.29 is 17.6 Å². The minimum atomic E-state index is -4.55. The van der Waals surface area contributed by atoms with E-state index in [2.05, 4.69) is 25.6 Å². The Bertz CT molecular complexity index is 909. The van der Waals surface area contributed by atoms with Gasteiger partial charge in [-0.05, 0) is 6.07 Å². The Morgan fingerprint density at radius 3 is 2.62 bits per heavy atom. The Hall–Kier alpha value is -2.55. The Labute approximate surface area is 139 Å². The van der Waals surface area contributed by atoms with Gasteiger partial charge in [-0.25, -0.2) is 9.97 Å². The Kier molecular flexibility index (Phi) is 3.96. The number of benzene rings is 1. The highest BCUT2D eigenvalue weighted by Crippen LogP contribution is 2.35. The predicted molar refractivity (Wildman–Crippen MR) is 83.6 cm³/mol. The lowest BCUT2D eigenvalue weighted by molar-refractivity contribution is -0.137. The number of hydrogen-bond donors (Lipinski definition) is 2. The van der Waals surface area contributed by atoms with Gasteiger partial charge in [0.1, 0.15) is 16.9 Å². The van der Waals surface area contributed by atoms with E-state index in [4.69, 9.17) is 16.0 Å². The zero-order valence-electron chi connectivity index (χ0n) is 12.5. The number of aryl methyl sites for hydroxylation is 1. The average Bonchev–Trinajstić information content (AvgIpc) is 2.85. The molecule has 0 bridgehead atoms. The number of aromatic nitrogens is 3.